The first-order chi connectivity index (χ1) is 14.8. The van der Waals surface area contributed by atoms with Gasteiger partial charge < -0.3 is 24.7 Å². The van der Waals surface area contributed by atoms with Crippen molar-refractivity contribution in [3.05, 3.63) is 54.5 Å². The average molecular weight is 406 g/mol. The molecule has 0 bridgehead atoms. The Hall–Kier alpha value is -3.06. The maximum Gasteiger partial charge on any atom is 0.255 e. The van der Waals surface area contributed by atoms with Crippen LogP contribution in [0.4, 0.5) is 0 Å². The predicted molar refractivity (Wildman–Crippen MR) is 114 cm³/mol. The second-order valence-corrected chi connectivity index (χ2v) is 8.02. The Kier molecular flexibility index (Phi) is 5.27. The second kappa shape index (κ2) is 8.36. The van der Waals surface area contributed by atoms with Crippen molar-refractivity contribution >= 4 is 16.8 Å². The molecule has 156 valence electrons. The van der Waals surface area contributed by atoms with Crippen molar-refractivity contribution in [2.45, 2.75) is 18.9 Å². The number of hydrogen-bond acceptors (Lipinski definition) is 5. The van der Waals surface area contributed by atoms with E-state index >= 15 is 0 Å². The van der Waals surface area contributed by atoms with Gasteiger partial charge in [-0.25, -0.2) is 0 Å². The second-order valence-electron chi connectivity index (χ2n) is 8.02. The number of ether oxygens (including phenoxy) is 2. The number of carbonyl (C=O) groups excluding carboxylic acids is 1. The van der Waals surface area contributed by atoms with Gasteiger partial charge in [-0.3, -0.25) is 9.78 Å². The van der Waals surface area contributed by atoms with Crippen molar-refractivity contribution < 1.29 is 14.3 Å². The van der Waals surface area contributed by atoms with Gasteiger partial charge in [-0.1, -0.05) is 0 Å². The molecule has 1 amide bonds. The number of hydrogen-bond donors (Lipinski definition) is 2. The largest absolute Gasteiger partial charge is 0.486 e. The third-order valence-corrected chi connectivity index (χ3v) is 5.97. The molecule has 0 radical (unpaired) electrons. The Morgan fingerprint density at radius 2 is 2.10 bits per heavy atom. The molecule has 5 rings (SSSR count). The summed E-state index contributed by atoms with van der Waals surface area (Å²) in [5.74, 6) is 2.28. The molecular formula is C23H26N4O3. The summed E-state index contributed by atoms with van der Waals surface area (Å²) in [6.07, 6.45) is 7.25. The van der Waals surface area contributed by atoms with E-state index in [-0.39, 0.29) is 12.0 Å². The highest BCUT2D eigenvalue weighted by atomic mass is 16.6. The summed E-state index contributed by atoms with van der Waals surface area (Å²) >= 11 is 0. The lowest BCUT2D eigenvalue weighted by Gasteiger charge is -2.33. The maximum absolute atomic E-state index is 12.5. The number of piperidine rings is 1. The minimum atomic E-state index is -0.00903. The predicted octanol–water partition coefficient (Wildman–Crippen LogP) is 2.84. The fourth-order valence-electron chi connectivity index (χ4n) is 4.27. The zero-order chi connectivity index (χ0) is 20.3. The number of amides is 1. The molecule has 1 atom stereocenters. The summed E-state index contributed by atoms with van der Waals surface area (Å²) < 4.78 is 12.1. The molecule has 3 aromatic rings. The van der Waals surface area contributed by atoms with Crippen molar-refractivity contribution in [3.63, 3.8) is 0 Å². The van der Waals surface area contributed by atoms with Crippen LogP contribution in [0.3, 0.4) is 0 Å². The summed E-state index contributed by atoms with van der Waals surface area (Å²) in [6.45, 7) is 3.81. The number of H-pyrrole nitrogens is 1. The van der Waals surface area contributed by atoms with Gasteiger partial charge >= 0.3 is 0 Å². The highest BCUT2D eigenvalue weighted by Gasteiger charge is 2.26. The zero-order valence-electron chi connectivity index (χ0n) is 16.8. The van der Waals surface area contributed by atoms with E-state index in [2.05, 4.69) is 15.3 Å². The molecule has 2 aliphatic heterocycles. The summed E-state index contributed by atoms with van der Waals surface area (Å²) in [6, 6.07) is 9.63. The van der Waals surface area contributed by atoms with E-state index in [9.17, 15) is 4.79 Å². The van der Waals surface area contributed by atoms with Crippen molar-refractivity contribution in [2.75, 3.05) is 32.8 Å². The molecule has 7 heteroatoms. The SMILES string of the molecule is O=C(c1cccnc1)N1CCC(CNCC2COc3ccc4[nH]ccc4c3O2)CC1. The standard InChI is InChI=1S/C23H26N4O3/c28-23(17-2-1-8-24-13-17)27-10-6-16(7-11-27)12-25-14-18-15-29-21-4-3-20-19(5-9-26-20)22(21)30-18/h1-5,8-9,13,16,18,25-26H,6-7,10-12,14-15H2. The van der Waals surface area contributed by atoms with Crippen LogP contribution < -0.4 is 14.8 Å². The summed E-state index contributed by atoms with van der Waals surface area (Å²) in [5, 5.41) is 4.61. The van der Waals surface area contributed by atoms with E-state index in [1.807, 2.05) is 35.4 Å². The Morgan fingerprint density at radius 3 is 2.93 bits per heavy atom. The topological polar surface area (TPSA) is 79.5 Å². The summed E-state index contributed by atoms with van der Waals surface area (Å²) in [5.41, 5.74) is 1.72. The van der Waals surface area contributed by atoms with Gasteiger partial charge in [-0.2, -0.15) is 0 Å². The van der Waals surface area contributed by atoms with Crippen molar-refractivity contribution in [3.8, 4) is 11.5 Å². The quantitative estimate of drug-likeness (QED) is 0.681. The fourth-order valence-corrected chi connectivity index (χ4v) is 4.27. The van der Waals surface area contributed by atoms with Crippen LogP contribution >= 0.6 is 0 Å². The van der Waals surface area contributed by atoms with Gasteiger partial charge in [-0.15, -0.1) is 0 Å². The van der Waals surface area contributed by atoms with Gasteiger partial charge in [-0.05, 0) is 55.6 Å². The van der Waals surface area contributed by atoms with Crippen LogP contribution in [-0.4, -0.2) is 59.7 Å². The van der Waals surface area contributed by atoms with Crippen LogP contribution in [0.25, 0.3) is 10.9 Å². The van der Waals surface area contributed by atoms with Crippen LogP contribution in [0.15, 0.2) is 48.9 Å². The van der Waals surface area contributed by atoms with Gasteiger partial charge in [0, 0.05) is 49.1 Å². The molecule has 2 aromatic heterocycles. The molecule has 2 aliphatic rings. The lowest BCUT2D eigenvalue weighted by Crippen LogP contribution is -2.43. The Bertz CT molecular complexity index is 1010. The summed E-state index contributed by atoms with van der Waals surface area (Å²) in [7, 11) is 0. The molecule has 30 heavy (non-hydrogen) atoms. The van der Waals surface area contributed by atoms with Gasteiger partial charge in [0.2, 0.25) is 0 Å². The zero-order valence-corrected chi connectivity index (χ0v) is 16.8. The summed E-state index contributed by atoms with van der Waals surface area (Å²) in [4.78, 5) is 21.7. The molecule has 1 saturated heterocycles. The normalized spacial score (nSPS) is 19.2. The van der Waals surface area contributed by atoms with Gasteiger partial charge in [0.1, 0.15) is 12.7 Å². The molecule has 0 aliphatic carbocycles. The first-order valence-electron chi connectivity index (χ1n) is 10.6. The number of aromatic nitrogens is 2. The van der Waals surface area contributed by atoms with E-state index < -0.39 is 0 Å². The lowest BCUT2D eigenvalue weighted by molar-refractivity contribution is 0.0682. The van der Waals surface area contributed by atoms with Crippen molar-refractivity contribution in [1.82, 2.24) is 20.2 Å². The molecule has 1 unspecified atom stereocenters. The first kappa shape index (κ1) is 18.9. The van der Waals surface area contributed by atoms with E-state index in [0.717, 1.165) is 61.4 Å². The van der Waals surface area contributed by atoms with Crippen LogP contribution in [0.2, 0.25) is 0 Å². The fraction of sp³-hybridized carbons (Fsp3) is 0.391. The third kappa shape index (κ3) is 3.85. The number of rotatable bonds is 5. The molecule has 7 nitrogen and oxygen atoms in total. The molecule has 2 N–H and O–H groups in total. The Balaban J connectivity index is 1.08. The highest BCUT2D eigenvalue weighted by Crippen LogP contribution is 2.38. The Labute approximate surface area is 175 Å². The van der Waals surface area contributed by atoms with Crippen LogP contribution in [0.1, 0.15) is 23.2 Å². The van der Waals surface area contributed by atoms with Crippen LogP contribution in [0.5, 0.6) is 11.5 Å². The molecular weight excluding hydrogens is 380 g/mol. The third-order valence-electron chi connectivity index (χ3n) is 5.97. The molecule has 4 heterocycles. The monoisotopic (exact) mass is 406 g/mol. The van der Waals surface area contributed by atoms with Gasteiger partial charge in [0.15, 0.2) is 11.5 Å². The number of benzene rings is 1. The van der Waals surface area contributed by atoms with Gasteiger partial charge in [0.05, 0.1) is 5.56 Å². The molecule has 1 aromatic carbocycles. The van der Waals surface area contributed by atoms with Crippen molar-refractivity contribution in [2.24, 2.45) is 5.92 Å². The molecule has 1 fully saturated rings. The number of nitrogens with zero attached hydrogens (tertiary/aromatic N) is 2. The minimum absolute atomic E-state index is 0.00903. The van der Waals surface area contributed by atoms with Gasteiger partial charge in [0.25, 0.3) is 5.91 Å². The number of pyridine rings is 1. The number of carbonyl (C=O) groups is 1. The first-order valence-corrected chi connectivity index (χ1v) is 10.6. The smallest absolute Gasteiger partial charge is 0.255 e. The van der Waals surface area contributed by atoms with Crippen molar-refractivity contribution in [1.29, 1.82) is 0 Å². The van der Waals surface area contributed by atoms with E-state index in [4.69, 9.17) is 9.47 Å². The maximum atomic E-state index is 12.5. The lowest BCUT2D eigenvalue weighted by atomic mass is 9.96. The number of likely N-dealkylation sites (tertiary alicyclic amines) is 1. The molecule has 0 spiro atoms. The van der Waals surface area contributed by atoms with E-state index in [0.29, 0.717) is 18.1 Å². The van der Waals surface area contributed by atoms with Crippen LogP contribution in [-0.2, 0) is 0 Å². The van der Waals surface area contributed by atoms with E-state index in [1.165, 1.54) is 0 Å². The highest BCUT2D eigenvalue weighted by molar-refractivity contribution is 5.94. The number of nitrogens with one attached hydrogen (secondary N) is 2. The average Bonchev–Trinajstić information content (AvgIpc) is 3.29. The molecule has 0 saturated carbocycles. The Morgan fingerprint density at radius 1 is 1.20 bits per heavy atom. The minimum Gasteiger partial charge on any atom is -0.486 e. The van der Waals surface area contributed by atoms with Crippen LogP contribution in [0, 0.1) is 5.92 Å². The number of aromatic amines is 1. The van der Waals surface area contributed by atoms with E-state index in [1.54, 1.807) is 18.5 Å². The number of fused-ring (bicyclic) bond motifs is 3.